The number of hydrazine groups is 1. The molecule has 0 aromatic heterocycles. The summed E-state index contributed by atoms with van der Waals surface area (Å²) >= 11 is 12.1. The van der Waals surface area contributed by atoms with Crippen molar-refractivity contribution in [1.29, 1.82) is 0 Å². The molecule has 0 amide bonds. The van der Waals surface area contributed by atoms with Crippen molar-refractivity contribution < 1.29 is 9.47 Å². The van der Waals surface area contributed by atoms with E-state index in [1.807, 2.05) is 18.2 Å². The van der Waals surface area contributed by atoms with Crippen LogP contribution in [0.4, 0.5) is 11.4 Å². The largest absolute Gasteiger partial charge is 0.494 e. The molecule has 1 unspecified atom stereocenters. The number of halogens is 2. The molecule has 2 aliphatic heterocycles. The van der Waals surface area contributed by atoms with Crippen molar-refractivity contribution in [1.82, 2.24) is 5.01 Å². The van der Waals surface area contributed by atoms with Crippen molar-refractivity contribution in [2.24, 2.45) is 4.99 Å². The molecule has 0 aliphatic carbocycles. The molecule has 1 atom stereocenters. The Morgan fingerprint density at radius 2 is 2.13 bits per heavy atom. The molecule has 6 nitrogen and oxygen atoms in total. The van der Waals surface area contributed by atoms with E-state index in [1.54, 1.807) is 18.3 Å². The maximum absolute atomic E-state index is 6.15. The Morgan fingerprint density at radius 1 is 1.35 bits per heavy atom. The van der Waals surface area contributed by atoms with Crippen LogP contribution in [-0.4, -0.2) is 50.3 Å². The molecule has 1 saturated heterocycles. The molecule has 23 heavy (non-hydrogen) atoms. The summed E-state index contributed by atoms with van der Waals surface area (Å²) in [5.41, 5.74) is 4.49. The lowest BCUT2D eigenvalue weighted by molar-refractivity contribution is 0.122. The zero-order valence-electron chi connectivity index (χ0n) is 12.7. The third-order valence-electron chi connectivity index (χ3n) is 3.62. The molecule has 3 rings (SSSR count). The molecule has 0 bridgehead atoms. The summed E-state index contributed by atoms with van der Waals surface area (Å²) in [6.07, 6.45) is 3.21. The van der Waals surface area contributed by atoms with Crippen LogP contribution in [-0.2, 0) is 4.74 Å². The Balaban J connectivity index is 1.78. The summed E-state index contributed by atoms with van der Waals surface area (Å²) in [5, 5.41) is 2.12. The maximum Gasteiger partial charge on any atom is 0.214 e. The van der Waals surface area contributed by atoms with Crippen LogP contribution in [0.1, 0.15) is 0 Å². The minimum absolute atomic E-state index is 0.498. The monoisotopic (exact) mass is 356 g/mol. The van der Waals surface area contributed by atoms with Gasteiger partial charge in [0.1, 0.15) is 5.75 Å². The van der Waals surface area contributed by atoms with E-state index in [1.165, 1.54) is 6.21 Å². The topological polar surface area (TPSA) is 49.3 Å². The fourth-order valence-corrected chi connectivity index (χ4v) is 2.77. The molecule has 2 aliphatic rings. The summed E-state index contributed by atoms with van der Waals surface area (Å²) in [4.78, 5) is 6.34. The van der Waals surface area contributed by atoms with Gasteiger partial charge in [-0.3, -0.25) is 10.4 Å². The average Bonchev–Trinajstić information content (AvgIpc) is 2.59. The fraction of sp³-hybridized carbons (Fsp3) is 0.400. The summed E-state index contributed by atoms with van der Waals surface area (Å²) in [5.74, 6) is 0.719. The Kier molecular flexibility index (Phi) is 5.15. The smallest absolute Gasteiger partial charge is 0.214 e. The summed E-state index contributed by atoms with van der Waals surface area (Å²) in [6.45, 7) is 3.23. The highest BCUT2D eigenvalue weighted by atomic mass is 35.5. The molecule has 1 aromatic carbocycles. The molecule has 0 saturated carbocycles. The second-order valence-corrected chi connectivity index (χ2v) is 5.93. The molecule has 0 radical (unpaired) electrons. The van der Waals surface area contributed by atoms with Crippen LogP contribution < -0.4 is 15.1 Å². The third-order valence-corrected chi connectivity index (χ3v) is 4.14. The number of nitrogens with one attached hydrogen (secondary N) is 1. The van der Waals surface area contributed by atoms with Crippen LogP contribution in [0.3, 0.4) is 0 Å². The number of benzene rings is 1. The zero-order chi connectivity index (χ0) is 16.2. The normalized spacial score (nSPS) is 21.2. The second kappa shape index (κ2) is 7.29. The Bertz CT molecular complexity index is 617. The number of rotatable bonds is 4. The number of morpholine rings is 1. The number of anilines is 2. The predicted octanol–water partition coefficient (Wildman–Crippen LogP) is 2.85. The van der Waals surface area contributed by atoms with E-state index in [-0.39, 0.29) is 0 Å². The van der Waals surface area contributed by atoms with E-state index < -0.39 is 5.62 Å². The summed E-state index contributed by atoms with van der Waals surface area (Å²) in [6, 6.07) is 5.99. The van der Waals surface area contributed by atoms with E-state index in [4.69, 9.17) is 32.7 Å². The van der Waals surface area contributed by atoms with Gasteiger partial charge in [-0.2, -0.15) is 0 Å². The number of allylic oxidation sites excluding steroid dienone is 1. The minimum Gasteiger partial charge on any atom is -0.494 e. The van der Waals surface area contributed by atoms with Gasteiger partial charge >= 0.3 is 0 Å². The van der Waals surface area contributed by atoms with Gasteiger partial charge < -0.3 is 14.4 Å². The first-order chi connectivity index (χ1) is 11.2. The molecule has 1 fully saturated rings. The van der Waals surface area contributed by atoms with Crippen LogP contribution in [0.15, 0.2) is 34.4 Å². The first kappa shape index (κ1) is 16.2. The van der Waals surface area contributed by atoms with E-state index in [2.05, 4.69) is 15.3 Å². The molecular weight excluding hydrogens is 339 g/mol. The number of hydrogen-bond acceptors (Lipinski definition) is 6. The van der Waals surface area contributed by atoms with E-state index in [9.17, 15) is 0 Å². The molecule has 8 heteroatoms. The highest BCUT2D eigenvalue weighted by Crippen LogP contribution is 2.31. The van der Waals surface area contributed by atoms with Gasteiger partial charge in [-0.1, -0.05) is 23.2 Å². The minimum atomic E-state index is -0.568. The van der Waals surface area contributed by atoms with Crippen molar-refractivity contribution in [2.75, 3.05) is 43.7 Å². The van der Waals surface area contributed by atoms with Crippen LogP contribution in [0.25, 0.3) is 0 Å². The number of nitrogens with zero attached hydrogens (tertiary/aromatic N) is 3. The van der Waals surface area contributed by atoms with Crippen LogP contribution in [0.5, 0.6) is 5.75 Å². The van der Waals surface area contributed by atoms with Crippen LogP contribution >= 0.6 is 23.2 Å². The Morgan fingerprint density at radius 3 is 2.87 bits per heavy atom. The van der Waals surface area contributed by atoms with Gasteiger partial charge in [-0.25, -0.2) is 4.99 Å². The molecule has 1 aromatic rings. The number of hydrogen-bond donors (Lipinski definition) is 1. The standard InChI is InChI=1S/C15H18Cl2N4O2/c1-22-14-8-12(20-4-6-23-7-5-20)2-3-13(14)19-21-10-11(16)9-18-15(21)17/h2-3,8-10,15,19H,4-7H2,1H3. The van der Waals surface area contributed by atoms with Crippen LogP contribution in [0.2, 0.25) is 0 Å². The van der Waals surface area contributed by atoms with Gasteiger partial charge in [0.15, 0.2) is 0 Å². The number of ether oxygens (including phenoxy) is 2. The summed E-state index contributed by atoms with van der Waals surface area (Å²) in [7, 11) is 1.64. The SMILES string of the molecule is COc1cc(N2CCOCC2)ccc1NN1C=C(Cl)C=NC1Cl. The van der Waals surface area contributed by atoms with E-state index in [0.29, 0.717) is 5.03 Å². The highest BCUT2D eigenvalue weighted by Gasteiger charge is 2.18. The lowest BCUT2D eigenvalue weighted by Crippen LogP contribution is -2.36. The van der Waals surface area contributed by atoms with Gasteiger partial charge in [-0.05, 0) is 12.1 Å². The first-order valence-corrected chi connectivity index (χ1v) is 8.09. The van der Waals surface area contributed by atoms with Crippen molar-refractivity contribution in [2.45, 2.75) is 5.62 Å². The molecule has 0 spiro atoms. The van der Waals surface area contributed by atoms with Gasteiger partial charge in [0.2, 0.25) is 5.62 Å². The van der Waals surface area contributed by atoms with Crippen LogP contribution in [0, 0.1) is 0 Å². The second-order valence-electron chi connectivity index (χ2n) is 5.11. The zero-order valence-corrected chi connectivity index (χ0v) is 14.2. The van der Waals surface area contributed by atoms with Crippen molar-refractivity contribution in [3.05, 3.63) is 29.4 Å². The average molecular weight is 357 g/mol. The lowest BCUT2D eigenvalue weighted by atomic mass is 10.2. The third kappa shape index (κ3) is 3.83. The summed E-state index contributed by atoms with van der Waals surface area (Å²) < 4.78 is 10.9. The predicted molar refractivity (Wildman–Crippen MR) is 93.6 cm³/mol. The molecule has 124 valence electrons. The van der Waals surface area contributed by atoms with Crippen molar-refractivity contribution in [3.8, 4) is 5.75 Å². The van der Waals surface area contributed by atoms with Gasteiger partial charge in [0.25, 0.3) is 0 Å². The number of aliphatic imine (C=N–C) groups is 1. The highest BCUT2D eigenvalue weighted by molar-refractivity contribution is 6.39. The number of alkyl halides is 1. The van der Waals surface area contributed by atoms with Gasteiger partial charge in [0.05, 0.1) is 31.0 Å². The van der Waals surface area contributed by atoms with E-state index in [0.717, 1.165) is 43.4 Å². The van der Waals surface area contributed by atoms with Gasteiger partial charge in [0, 0.05) is 37.3 Å². The number of methoxy groups -OCH3 is 1. The Hall–Kier alpha value is -1.63. The molecular formula is C15H18Cl2N4O2. The van der Waals surface area contributed by atoms with Crippen molar-refractivity contribution in [3.63, 3.8) is 0 Å². The quantitative estimate of drug-likeness (QED) is 0.663. The van der Waals surface area contributed by atoms with Gasteiger partial charge in [-0.15, -0.1) is 0 Å². The first-order valence-electron chi connectivity index (χ1n) is 7.27. The lowest BCUT2D eigenvalue weighted by Gasteiger charge is -2.30. The van der Waals surface area contributed by atoms with Crippen molar-refractivity contribution >= 4 is 40.8 Å². The maximum atomic E-state index is 6.15. The Labute approximate surface area is 145 Å². The van der Waals surface area contributed by atoms with E-state index >= 15 is 0 Å². The molecule has 1 N–H and O–H groups in total. The fourth-order valence-electron chi connectivity index (χ4n) is 2.45. The molecule has 2 heterocycles.